The van der Waals surface area contributed by atoms with E-state index in [1.54, 1.807) is 30.3 Å². The van der Waals surface area contributed by atoms with E-state index in [1.165, 1.54) is 16.9 Å². The minimum absolute atomic E-state index is 0.0329. The topological polar surface area (TPSA) is 147 Å². The van der Waals surface area contributed by atoms with E-state index in [4.69, 9.17) is 11.5 Å². The van der Waals surface area contributed by atoms with Crippen molar-refractivity contribution in [1.29, 1.82) is 0 Å². The monoisotopic (exact) mass is 476 g/mol. The lowest BCUT2D eigenvalue weighted by Gasteiger charge is -2.12. The number of amides is 1. The first-order valence-corrected chi connectivity index (χ1v) is 9.61. The van der Waals surface area contributed by atoms with Gasteiger partial charge >= 0.3 is 12.3 Å². The van der Waals surface area contributed by atoms with Crippen LogP contribution in [0, 0.1) is 5.82 Å². The number of hydrogen-bond donors (Lipinski definition) is 3. The van der Waals surface area contributed by atoms with Crippen molar-refractivity contribution >= 4 is 34.4 Å². The van der Waals surface area contributed by atoms with Crippen molar-refractivity contribution in [2.24, 2.45) is 0 Å². The molecule has 0 bridgehead atoms. The molecule has 0 unspecified atom stereocenters. The van der Waals surface area contributed by atoms with E-state index in [1.807, 2.05) is 5.32 Å². The van der Waals surface area contributed by atoms with Gasteiger partial charge in [0.1, 0.15) is 17.2 Å². The Kier molecular flexibility index (Phi) is 5.88. The highest BCUT2D eigenvalue weighted by molar-refractivity contribution is 5.94. The average Bonchev–Trinajstić information content (AvgIpc) is 3.14. The molecule has 5 N–H and O–H groups in total. The number of pyridine rings is 1. The van der Waals surface area contributed by atoms with Gasteiger partial charge in [-0.25, -0.2) is 28.8 Å². The molecule has 0 atom stereocenters. The highest BCUT2D eigenvalue weighted by atomic mass is 19.4. The summed E-state index contributed by atoms with van der Waals surface area (Å²) in [7, 11) is 0. The van der Waals surface area contributed by atoms with Crippen LogP contribution in [0.15, 0.2) is 42.6 Å². The molecule has 0 saturated carbocycles. The summed E-state index contributed by atoms with van der Waals surface area (Å²) < 4.78 is 56.4. The predicted molar refractivity (Wildman–Crippen MR) is 114 cm³/mol. The van der Waals surface area contributed by atoms with Gasteiger partial charge in [0.2, 0.25) is 0 Å². The zero-order valence-electron chi connectivity index (χ0n) is 17.2. The Hall–Kier alpha value is -4.49. The van der Waals surface area contributed by atoms with Crippen molar-refractivity contribution in [3.63, 3.8) is 0 Å². The third kappa shape index (κ3) is 4.79. The van der Waals surface area contributed by atoms with Crippen LogP contribution in [-0.2, 0) is 11.3 Å². The molecule has 3 heterocycles. The van der Waals surface area contributed by atoms with Crippen LogP contribution < -0.4 is 16.8 Å². The molecular weight excluding hydrogens is 460 g/mol. The molecule has 0 aliphatic rings. The Balaban J connectivity index is 1.67. The average molecular weight is 476 g/mol. The van der Waals surface area contributed by atoms with Crippen LogP contribution in [0.3, 0.4) is 0 Å². The van der Waals surface area contributed by atoms with Crippen LogP contribution >= 0.6 is 0 Å². The van der Waals surface area contributed by atoms with Gasteiger partial charge in [-0.05, 0) is 18.2 Å². The Morgan fingerprint density at radius 1 is 1.09 bits per heavy atom. The van der Waals surface area contributed by atoms with E-state index in [9.17, 15) is 22.4 Å². The Morgan fingerprint density at radius 2 is 1.79 bits per heavy atom. The molecule has 0 spiro atoms. The highest BCUT2D eigenvalue weighted by Crippen LogP contribution is 2.30. The number of carbonyl (C=O) groups is 1. The molecule has 0 radical (unpaired) electrons. The molecule has 0 fully saturated rings. The largest absolute Gasteiger partial charge is 0.440 e. The fraction of sp³-hybridized carbons (Fsp3) is 0.150. The van der Waals surface area contributed by atoms with Crippen molar-refractivity contribution < 1.29 is 27.1 Å². The van der Waals surface area contributed by atoms with Gasteiger partial charge in [-0.15, -0.1) is 0 Å². The first-order valence-electron chi connectivity index (χ1n) is 9.61. The van der Waals surface area contributed by atoms with E-state index in [0.29, 0.717) is 16.6 Å². The summed E-state index contributed by atoms with van der Waals surface area (Å²) >= 11 is 0. The first kappa shape index (κ1) is 22.7. The fourth-order valence-electron chi connectivity index (χ4n) is 3.09. The number of carbonyl (C=O) groups excluding carboxylic acids is 1. The second-order valence-electron chi connectivity index (χ2n) is 6.98. The maximum atomic E-state index is 14.2. The zero-order valence-corrected chi connectivity index (χ0v) is 17.2. The van der Waals surface area contributed by atoms with Crippen LogP contribution in [0.25, 0.3) is 22.6 Å². The normalized spacial score (nSPS) is 11.5. The molecule has 0 saturated heterocycles. The van der Waals surface area contributed by atoms with Crippen molar-refractivity contribution in [3.05, 3.63) is 54.0 Å². The quantitative estimate of drug-likeness (QED) is 0.372. The van der Waals surface area contributed by atoms with Crippen molar-refractivity contribution in [3.8, 4) is 11.5 Å². The van der Waals surface area contributed by atoms with E-state index in [0.717, 1.165) is 0 Å². The second kappa shape index (κ2) is 8.80. The number of benzene rings is 1. The number of nitrogens with zero attached hydrogens (tertiary/aromatic N) is 5. The number of nitrogen functional groups attached to an aromatic ring is 2. The van der Waals surface area contributed by atoms with Gasteiger partial charge in [0.05, 0.1) is 11.9 Å². The number of rotatable bonds is 5. The Morgan fingerprint density at radius 3 is 2.47 bits per heavy atom. The molecule has 4 rings (SSSR count). The molecule has 10 nitrogen and oxygen atoms in total. The molecule has 14 heteroatoms. The summed E-state index contributed by atoms with van der Waals surface area (Å²) in [5, 5.41) is 6.95. The maximum Gasteiger partial charge on any atom is 0.422 e. The summed E-state index contributed by atoms with van der Waals surface area (Å²) in [4.78, 5) is 24.1. The van der Waals surface area contributed by atoms with E-state index < -0.39 is 24.7 Å². The van der Waals surface area contributed by atoms with Crippen molar-refractivity contribution in [2.75, 3.05) is 23.4 Å². The molecular formula is C20H16F4N8O2. The number of ether oxygens (including phenoxy) is 1. The standard InChI is InChI=1S/C20H16F4N8O2/c21-12-6-2-1-4-10(12)8-32-18-11(5-3-7-27-18)13(31-32)17-29-15(25)14(16(26)30-17)28-19(33)34-9-20(22,23)24/h1-7H,8-9H2,(H,28,33)(H4,25,26,29,30). The molecule has 1 amide bonds. The summed E-state index contributed by atoms with van der Waals surface area (Å²) in [6, 6.07) is 9.53. The van der Waals surface area contributed by atoms with Gasteiger partial charge in [-0.2, -0.15) is 18.3 Å². The van der Waals surface area contributed by atoms with Gasteiger partial charge in [-0.1, -0.05) is 18.2 Å². The number of aromatic nitrogens is 5. The third-order valence-corrected chi connectivity index (χ3v) is 4.56. The van der Waals surface area contributed by atoms with Gasteiger partial charge in [0.15, 0.2) is 29.7 Å². The minimum Gasteiger partial charge on any atom is -0.440 e. The van der Waals surface area contributed by atoms with Gasteiger partial charge < -0.3 is 16.2 Å². The van der Waals surface area contributed by atoms with Crippen LogP contribution in [0.5, 0.6) is 0 Å². The molecule has 176 valence electrons. The lowest BCUT2D eigenvalue weighted by Crippen LogP contribution is -2.24. The summed E-state index contributed by atoms with van der Waals surface area (Å²) in [5.41, 5.74) is 12.4. The first-order chi connectivity index (χ1) is 16.1. The molecule has 1 aromatic carbocycles. The van der Waals surface area contributed by atoms with E-state index in [-0.39, 0.29) is 35.4 Å². The summed E-state index contributed by atoms with van der Waals surface area (Å²) in [6.07, 6.45) is -4.60. The number of anilines is 3. The third-order valence-electron chi connectivity index (χ3n) is 4.56. The second-order valence-corrected chi connectivity index (χ2v) is 6.98. The lowest BCUT2D eigenvalue weighted by molar-refractivity contribution is -0.159. The van der Waals surface area contributed by atoms with E-state index in [2.05, 4.69) is 24.8 Å². The number of fused-ring (bicyclic) bond motifs is 1. The predicted octanol–water partition coefficient (Wildman–Crippen LogP) is 3.35. The van der Waals surface area contributed by atoms with Crippen LogP contribution in [0.4, 0.5) is 39.7 Å². The number of nitrogens with one attached hydrogen (secondary N) is 1. The minimum atomic E-state index is -4.70. The number of alkyl halides is 3. The Bertz CT molecular complexity index is 1350. The molecule has 4 aromatic rings. The van der Waals surface area contributed by atoms with Gasteiger partial charge in [0, 0.05) is 11.8 Å². The lowest BCUT2D eigenvalue weighted by atomic mass is 10.2. The molecule has 0 aliphatic heterocycles. The van der Waals surface area contributed by atoms with Crippen LogP contribution in [0.1, 0.15) is 5.56 Å². The van der Waals surface area contributed by atoms with Crippen molar-refractivity contribution in [2.45, 2.75) is 12.7 Å². The van der Waals surface area contributed by atoms with Gasteiger partial charge in [-0.3, -0.25) is 5.32 Å². The molecule has 0 aliphatic carbocycles. The zero-order chi connectivity index (χ0) is 24.5. The maximum absolute atomic E-state index is 14.2. The molecule has 3 aromatic heterocycles. The number of hydrogen-bond acceptors (Lipinski definition) is 8. The number of halogens is 4. The highest BCUT2D eigenvalue weighted by Gasteiger charge is 2.30. The van der Waals surface area contributed by atoms with Crippen molar-refractivity contribution in [1.82, 2.24) is 24.7 Å². The smallest absolute Gasteiger partial charge is 0.422 e. The molecule has 34 heavy (non-hydrogen) atoms. The summed E-state index contributed by atoms with van der Waals surface area (Å²) in [6.45, 7) is -1.73. The number of nitrogens with two attached hydrogens (primary N) is 2. The summed E-state index contributed by atoms with van der Waals surface area (Å²) in [5.74, 6) is -1.10. The van der Waals surface area contributed by atoms with E-state index >= 15 is 0 Å². The Labute approximate surface area is 188 Å². The van der Waals surface area contributed by atoms with Crippen LogP contribution in [0.2, 0.25) is 0 Å². The van der Waals surface area contributed by atoms with Crippen LogP contribution in [-0.4, -0.2) is 43.6 Å². The fourth-order valence-corrected chi connectivity index (χ4v) is 3.09. The van der Waals surface area contributed by atoms with Gasteiger partial charge in [0.25, 0.3) is 0 Å². The SMILES string of the molecule is Nc1nc(-c2nn(Cc3ccccc3F)c3ncccc23)nc(N)c1NC(=O)OCC(F)(F)F.